The molecule has 25 heavy (non-hydrogen) atoms. The average Bonchev–Trinajstić information content (AvgIpc) is 3.02. The number of ether oxygens (including phenoxy) is 2. The predicted octanol–water partition coefficient (Wildman–Crippen LogP) is 3.74. The third-order valence-corrected chi connectivity index (χ3v) is 4.14. The van der Waals surface area contributed by atoms with Gasteiger partial charge < -0.3 is 14.8 Å². The summed E-state index contributed by atoms with van der Waals surface area (Å²) in [6, 6.07) is 11.6. The Morgan fingerprint density at radius 3 is 2.84 bits per heavy atom. The molecule has 1 amide bonds. The molecule has 1 aliphatic rings. The zero-order valence-electron chi connectivity index (χ0n) is 14.3. The van der Waals surface area contributed by atoms with E-state index in [0.717, 1.165) is 24.2 Å². The average molecular weight is 343 g/mol. The summed E-state index contributed by atoms with van der Waals surface area (Å²) in [5.74, 6) is 1.02. The van der Waals surface area contributed by atoms with Crippen LogP contribution in [0.4, 0.5) is 4.39 Å². The molecule has 132 valence electrons. The third kappa shape index (κ3) is 4.50. The van der Waals surface area contributed by atoms with Gasteiger partial charge >= 0.3 is 0 Å². The van der Waals surface area contributed by atoms with E-state index in [4.69, 9.17) is 9.47 Å². The van der Waals surface area contributed by atoms with E-state index in [0.29, 0.717) is 30.9 Å². The first kappa shape index (κ1) is 17.3. The minimum atomic E-state index is -0.270. The topological polar surface area (TPSA) is 47.6 Å². The first-order valence-electron chi connectivity index (χ1n) is 8.62. The molecule has 4 nitrogen and oxygen atoms in total. The van der Waals surface area contributed by atoms with Crippen LogP contribution in [0.3, 0.4) is 0 Å². The van der Waals surface area contributed by atoms with Gasteiger partial charge in [-0.2, -0.15) is 0 Å². The number of amides is 1. The molecule has 0 fully saturated rings. The summed E-state index contributed by atoms with van der Waals surface area (Å²) in [6.45, 7) is 3.17. The fourth-order valence-corrected chi connectivity index (χ4v) is 2.75. The second-order valence-electron chi connectivity index (χ2n) is 6.13. The highest BCUT2D eigenvalue weighted by Gasteiger charge is 2.23. The molecule has 0 radical (unpaired) electrons. The number of halogens is 1. The molecular weight excluding hydrogens is 321 g/mol. The first-order valence-corrected chi connectivity index (χ1v) is 8.62. The van der Waals surface area contributed by atoms with E-state index >= 15 is 0 Å². The van der Waals surface area contributed by atoms with Crippen LogP contribution in [0.1, 0.15) is 35.7 Å². The largest absolute Gasteiger partial charge is 0.494 e. The lowest BCUT2D eigenvalue weighted by atomic mass is 10.1. The van der Waals surface area contributed by atoms with Gasteiger partial charge in [0.2, 0.25) is 0 Å². The highest BCUT2D eigenvalue weighted by Crippen LogP contribution is 2.28. The molecule has 2 aromatic carbocycles. The Morgan fingerprint density at radius 1 is 1.28 bits per heavy atom. The molecule has 1 N–H and O–H groups in total. The van der Waals surface area contributed by atoms with E-state index in [1.165, 1.54) is 12.1 Å². The highest BCUT2D eigenvalue weighted by atomic mass is 19.1. The molecule has 0 spiro atoms. The van der Waals surface area contributed by atoms with Crippen molar-refractivity contribution in [1.82, 2.24) is 5.32 Å². The van der Waals surface area contributed by atoms with Gasteiger partial charge in [0.05, 0.1) is 13.2 Å². The van der Waals surface area contributed by atoms with Crippen LogP contribution in [-0.4, -0.2) is 25.2 Å². The summed E-state index contributed by atoms with van der Waals surface area (Å²) < 4.78 is 24.5. The Morgan fingerprint density at radius 2 is 2.08 bits per heavy atom. The number of carbonyl (C=O) groups is 1. The molecule has 1 heterocycles. The number of benzene rings is 2. The molecule has 2 aromatic rings. The van der Waals surface area contributed by atoms with Crippen LogP contribution < -0.4 is 14.8 Å². The van der Waals surface area contributed by atoms with Crippen molar-refractivity contribution in [3.05, 3.63) is 59.4 Å². The quantitative estimate of drug-likeness (QED) is 0.779. The maximum Gasteiger partial charge on any atom is 0.251 e. The lowest BCUT2D eigenvalue weighted by Crippen LogP contribution is -2.34. The molecule has 0 aliphatic carbocycles. The molecule has 0 unspecified atom stereocenters. The van der Waals surface area contributed by atoms with E-state index < -0.39 is 0 Å². The van der Waals surface area contributed by atoms with Gasteiger partial charge in [0.25, 0.3) is 5.91 Å². The molecule has 3 rings (SSSR count). The summed E-state index contributed by atoms with van der Waals surface area (Å²) in [6.07, 6.45) is 2.52. The second-order valence-corrected chi connectivity index (χ2v) is 6.13. The predicted molar refractivity (Wildman–Crippen MR) is 93.7 cm³/mol. The van der Waals surface area contributed by atoms with Gasteiger partial charge in [-0.3, -0.25) is 4.79 Å². The number of rotatable bonds is 7. The van der Waals surface area contributed by atoms with E-state index in [9.17, 15) is 9.18 Å². The Bertz CT molecular complexity index is 730. The minimum Gasteiger partial charge on any atom is -0.494 e. The standard InChI is InChI=1S/C20H22FNO3/c1-2-3-10-24-17-7-4-14(5-8-17)20(23)22-13-18-12-15-11-16(21)6-9-19(15)25-18/h4-9,11,18H,2-3,10,12-13H2,1H3,(H,22,23)/t18-/m0/s1. The zero-order chi connectivity index (χ0) is 17.6. The van der Waals surface area contributed by atoms with Crippen LogP contribution in [0.25, 0.3) is 0 Å². The number of fused-ring (bicyclic) bond motifs is 1. The Hall–Kier alpha value is -2.56. The van der Waals surface area contributed by atoms with Gasteiger partial charge in [-0.25, -0.2) is 4.39 Å². The highest BCUT2D eigenvalue weighted by molar-refractivity contribution is 5.94. The molecule has 0 saturated heterocycles. The Balaban J connectivity index is 1.48. The summed E-state index contributed by atoms with van der Waals surface area (Å²) in [7, 11) is 0. The van der Waals surface area contributed by atoms with Gasteiger partial charge in [0.1, 0.15) is 23.4 Å². The van der Waals surface area contributed by atoms with E-state index in [1.807, 2.05) is 0 Å². The molecular formula is C20H22FNO3. The number of carbonyl (C=O) groups excluding carboxylic acids is 1. The van der Waals surface area contributed by atoms with Crippen molar-refractivity contribution in [2.45, 2.75) is 32.3 Å². The van der Waals surface area contributed by atoms with Crippen molar-refractivity contribution in [3.63, 3.8) is 0 Å². The first-order chi connectivity index (χ1) is 12.2. The second kappa shape index (κ2) is 8.01. The summed E-state index contributed by atoms with van der Waals surface area (Å²) in [5.41, 5.74) is 1.41. The molecule has 5 heteroatoms. The Kier molecular flexibility index (Phi) is 5.53. The lowest BCUT2D eigenvalue weighted by Gasteiger charge is -2.12. The van der Waals surface area contributed by atoms with Crippen LogP contribution in [0.2, 0.25) is 0 Å². The molecule has 1 aliphatic heterocycles. The monoisotopic (exact) mass is 343 g/mol. The van der Waals surface area contributed by atoms with Crippen LogP contribution in [0.5, 0.6) is 11.5 Å². The molecule has 1 atom stereocenters. The van der Waals surface area contributed by atoms with Crippen molar-refractivity contribution >= 4 is 5.91 Å². The number of unbranched alkanes of at least 4 members (excludes halogenated alkanes) is 1. The van der Waals surface area contributed by atoms with Gasteiger partial charge in [0, 0.05) is 17.5 Å². The van der Waals surface area contributed by atoms with Gasteiger partial charge in [-0.15, -0.1) is 0 Å². The lowest BCUT2D eigenvalue weighted by molar-refractivity contribution is 0.0933. The maximum atomic E-state index is 13.2. The molecule has 0 bridgehead atoms. The van der Waals surface area contributed by atoms with Crippen LogP contribution in [0, 0.1) is 5.82 Å². The minimum absolute atomic E-state index is 0.161. The fraction of sp³-hybridized carbons (Fsp3) is 0.350. The van der Waals surface area contributed by atoms with E-state index in [-0.39, 0.29) is 17.8 Å². The molecule has 0 aromatic heterocycles. The number of nitrogens with one attached hydrogen (secondary N) is 1. The van der Waals surface area contributed by atoms with Crippen molar-refractivity contribution in [1.29, 1.82) is 0 Å². The SMILES string of the molecule is CCCCOc1ccc(C(=O)NC[C@@H]2Cc3cc(F)ccc3O2)cc1. The third-order valence-electron chi connectivity index (χ3n) is 4.14. The van der Waals surface area contributed by atoms with Crippen LogP contribution in [0.15, 0.2) is 42.5 Å². The van der Waals surface area contributed by atoms with Gasteiger partial charge in [-0.1, -0.05) is 13.3 Å². The van der Waals surface area contributed by atoms with Crippen LogP contribution in [-0.2, 0) is 6.42 Å². The summed E-state index contributed by atoms with van der Waals surface area (Å²) in [5, 5.41) is 2.86. The Labute approximate surface area is 147 Å². The number of hydrogen-bond acceptors (Lipinski definition) is 3. The molecule has 0 saturated carbocycles. The van der Waals surface area contributed by atoms with E-state index in [1.54, 1.807) is 30.3 Å². The smallest absolute Gasteiger partial charge is 0.251 e. The van der Waals surface area contributed by atoms with Crippen molar-refractivity contribution < 1.29 is 18.7 Å². The van der Waals surface area contributed by atoms with Crippen LogP contribution >= 0.6 is 0 Å². The summed E-state index contributed by atoms with van der Waals surface area (Å²) >= 11 is 0. The van der Waals surface area contributed by atoms with E-state index in [2.05, 4.69) is 12.2 Å². The van der Waals surface area contributed by atoms with Gasteiger partial charge in [-0.05, 0) is 48.9 Å². The fourth-order valence-electron chi connectivity index (χ4n) is 2.75. The summed E-state index contributed by atoms with van der Waals surface area (Å²) in [4.78, 5) is 12.2. The maximum absolute atomic E-state index is 13.2. The van der Waals surface area contributed by atoms with Crippen molar-refractivity contribution in [3.8, 4) is 11.5 Å². The van der Waals surface area contributed by atoms with Crippen molar-refractivity contribution in [2.75, 3.05) is 13.2 Å². The normalized spacial score (nSPS) is 15.4. The zero-order valence-corrected chi connectivity index (χ0v) is 14.3. The van der Waals surface area contributed by atoms with Crippen molar-refractivity contribution in [2.24, 2.45) is 0 Å². The number of hydrogen-bond donors (Lipinski definition) is 1. The van der Waals surface area contributed by atoms with Gasteiger partial charge in [0.15, 0.2) is 0 Å².